The number of hydrogen-bond donors (Lipinski definition) is 0. The smallest absolute Gasteiger partial charge is 0.304 e. The molecule has 126 valence electrons. The van der Waals surface area contributed by atoms with Crippen LogP contribution in [0.25, 0.3) is 0 Å². The topological polar surface area (TPSA) is 21.7 Å². The highest BCUT2D eigenvalue weighted by atomic mass is 19.3. The first-order chi connectivity index (χ1) is 10.6. The van der Waals surface area contributed by atoms with E-state index in [1.54, 1.807) is 6.08 Å². The van der Waals surface area contributed by atoms with Crippen LogP contribution in [0.1, 0.15) is 32.1 Å². The van der Waals surface area contributed by atoms with Crippen molar-refractivity contribution in [1.82, 2.24) is 4.90 Å². The molecular formula is C16H24F3NO2. The van der Waals surface area contributed by atoms with Crippen LogP contribution in [0, 0.1) is 0 Å². The lowest BCUT2D eigenvalue weighted by Crippen LogP contribution is -2.25. The van der Waals surface area contributed by atoms with Crippen molar-refractivity contribution in [3.8, 4) is 0 Å². The molecule has 2 aliphatic rings. The van der Waals surface area contributed by atoms with Gasteiger partial charge in [0.1, 0.15) is 11.9 Å². The first kappa shape index (κ1) is 17.3. The maximum absolute atomic E-state index is 13.1. The Hall–Kier alpha value is -1.01. The molecule has 6 heteroatoms. The van der Waals surface area contributed by atoms with Crippen LogP contribution in [-0.4, -0.2) is 50.5 Å². The summed E-state index contributed by atoms with van der Waals surface area (Å²) in [4.78, 5) is 2.43. The fraction of sp³-hybridized carbons (Fsp3) is 0.750. The maximum atomic E-state index is 13.1. The molecule has 0 aromatic carbocycles. The van der Waals surface area contributed by atoms with E-state index in [-0.39, 0.29) is 5.76 Å². The summed E-state index contributed by atoms with van der Waals surface area (Å²) in [6, 6.07) is 0. The van der Waals surface area contributed by atoms with Gasteiger partial charge in [-0.2, -0.15) is 4.39 Å². The van der Waals surface area contributed by atoms with Crippen molar-refractivity contribution < 1.29 is 22.6 Å². The molecular weight excluding hydrogens is 295 g/mol. The monoisotopic (exact) mass is 319 g/mol. The van der Waals surface area contributed by atoms with Crippen LogP contribution in [0.5, 0.6) is 0 Å². The Balaban J connectivity index is 1.85. The molecule has 1 saturated heterocycles. The predicted octanol–water partition coefficient (Wildman–Crippen LogP) is 3.67. The van der Waals surface area contributed by atoms with Crippen LogP contribution in [0.4, 0.5) is 13.2 Å². The van der Waals surface area contributed by atoms with Gasteiger partial charge in [-0.05, 0) is 63.4 Å². The van der Waals surface area contributed by atoms with Crippen LogP contribution in [-0.2, 0) is 9.47 Å². The van der Waals surface area contributed by atoms with Gasteiger partial charge in [-0.3, -0.25) is 0 Å². The van der Waals surface area contributed by atoms with E-state index in [9.17, 15) is 13.2 Å². The number of halogens is 3. The molecule has 0 N–H and O–H groups in total. The summed E-state index contributed by atoms with van der Waals surface area (Å²) in [5.74, 6) is 0.161. The average Bonchev–Trinajstić information content (AvgIpc) is 3.00. The molecule has 2 atom stereocenters. The molecule has 2 unspecified atom stereocenters. The van der Waals surface area contributed by atoms with Gasteiger partial charge in [-0.15, -0.1) is 0 Å². The molecule has 0 radical (unpaired) electrons. The third-order valence-electron chi connectivity index (χ3n) is 4.11. The van der Waals surface area contributed by atoms with Gasteiger partial charge >= 0.3 is 6.43 Å². The van der Waals surface area contributed by atoms with Gasteiger partial charge in [0, 0.05) is 7.11 Å². The van der Waals surface area contributed by atoms with Crippen molar-refractivity contribution in [1.29, 1.82) is 0 Å². The molecule has 0 saturated carbocycles. The van der Waals surface area contributed by atoms with Gasteiger partial charge in [-0.25, -0.2) is 8.78 Å². The Bertz CT molecular complexity index is 406. The molecule has 3 nitrogen and oxygen atoms in total. The molecule has 22 heavy (non-hydrogen) atoms. The Labute approximate surface area is 129 Å². The van der Waals surface area contributed by atoms with Crippen molar-refractivity contribution in [3.05, 3.63) is 23.5 Å². The maximum Gasteiger partial charge on any atom is 0.304 e. The van der Waals surface area contributed by atoms with Crippen molar-refractivity contribution in [2.75, 3.05) is 26.7 Å². The number of rotatable bonds is 8. The molecule has 1 aliphatic carbocycles. The molecule has 1 heterocycles. The zero-order valence-corrected chi connectivity index (χ0v) is 12.9. The van der Waals surface area contributed by atoms with Crippen molar-refractivity contribution in [3.63, 3.8) is 0 Å². The molecule has 0 aromatic heterocycles. The Morgan fingerprint density at radius 3 is 2.64 bits per heavy atom. The number of ether oxygens (including phenoxy) is 2. The van der Waals surface area contributed by atoms with E-state index in [1.165, 1.54) is 20.0 Å². The van der Waals surface area contributed by atoms with Gasteiger partial charge in [-0.1, -0.05) is 6.08 Å². The quantitative estimate of drug-likeness (QED) is 0.681. The first-order valence-electron chi connectivity index (χ1n) is 7.85. The molecule has 1 fully saturated rings. The van der Waals surface area contributed by atoms with Crippen LogP contribution in [0.3, 0.4) is 0 Å². The van der Waals surface area contributed by atoms with E-state index in [1.807, 2.05) is 6.08 Å². The number of likely N-dealkylation sites (tertiary alicyclic amines) is 1. The van der Waals surface area contributed by atoms with Crippen LogP contribution in [0.15, 0.2) is 23.5 Å². The molecule has 0 bridgehead atoms. The lowest BCUT2D eigenvalue weighted by molar-refractivity contribution is -0.116. The third-order valence-corrected chi connectivity index (χ3v) is 4.11. The SMILES string of the molecule is COC1CC=C(CCCN2CCCC2)C=C1OC(F)C(F)F. The lowest BCUT2D eigenvalue weighted by Gasteiger charge is -2.24. The highest BCUT2D eigenvalue weighted by Crippen LogP contribution is 2.26. The normalized spacial score (nSPS) is 24.3. The number of nitrogens with zero attached hydrogens (tertiary/aromatic N) is 1. The Kier molecular flexibility index (Phi) is 6.76. The Morgan fingerprint density at radius 1 is 1.27 bits per heavy atom. The highest BCUT2D eigenvalue weighted by molar-refractivity contribution is 5.28. The van der Waals surface area contributed by atoms with Gasteiger partial charge in [0.25, 0.3) is 6.36 Å². The van der Waals surface area contributed by atoms with Gasteiger partial charge in [0.15, 0.2) is 0 Å². The molecule has 0 aromatic rings. The minimum absolute atomic E-state index is 0.161. The summed E-state index contributed by atoms with van der Waals surface area (Å²) in [7, 11) is 1.46. The zero-order valence-electron chi connectivity index (χ0n) is 12.9. The Morgan fingerprint density at radius 2 is 2.00 bits per heavy atom. The highest BCUT2D eigenvalue weighted by Gasteiger charge is 2.27. The zero-order chi connectivity index (χ0) is 15.9. The average molecular weight is 319 g/mol. The second kappa shape index (κ2) is 8.58. The fourth-order valence-electron chi connectivity index (χ4n) is 2.90. The summed E-state index contributed by atoms with van der Waals surface area (Å²) >= 11 is 0. The summed E-state index contributed by atoms with van der Waals surface area (Å²) < 4.78 is 47.6. The number of hydrogen-bond acceptors (Lipinski definition) is 3. The van der Waals surface area contributed by atoms with Gasteiger partial charge < -0.3 is 14.4 Å². The van der Waals surface area contributed by atoms with Crippen LogP contribution >= 0.6 is 0 Å². The number of methoxy groups -OCH3 is 1. The van der Waals surface area contributed by atoms with Crippen molar-refractivity contribution in [2.24, 2.45) is 0 Å². The first-order valence-corrected chi connectivity index (χ1v) is 7.85. The minimum Gasteiger partial charge on any atom is -0.456 e. The minimum atomic E-state index is -3.15. The van der Waals surface area contributed by atoms with Crippen LogP contribution < -0.4 is 0 Å². The van der Waals surface area contributed by atoms with E-state index < -0.39 is 18.9 Å². The largest absolute Gasteiger partial charge is 0.456 e. The summed E-state index contributed by atoms with van der Waals surface area (Å²) in [6.07, 6.45) is 2.32. The van der Waals surface area contributed by atoms with E-state index >= 15 is 0 Å². The van der Waals surface area contributed by atoms with Gasteiger partial charge in [0.2, 0.25) is 0 Å². The van der Waals surface area contributed by atoms with Crippen molar-refractivity contribution >= 4 is 0 Å². The number of alkyl halides is 3. The summed E-state index contributed by atoms with van der Waals surface area (Å²) in [6.45, 7) is 3.36. The fourth-order valence-corrected chi connectivity index (χ4v) is 2.90. The summed E-state index contributed by atoms with van der Waals surface area (Å²) in [5, 5.41) is 0. The van der Waals surface area contributed by atoms with E-state index in [0.29, 0.717) is 6.42 Å². The standard InChI is InChI=1S/C16H24F3NO2/c1-21-13-7-6-12(5-4-10-20-8-2-3-9-20)11-14(13)22-16(19)15(17)18/h6,11,13,15-16H,2-5,7-10H2,1H3. The number of allylic oxidation sites excluding steroid dienone is 2. The van der Waals surface area contributed by atoms with Crippen LogP contribution in [0.2, 0.25) is 0 Å². The molecule has 2 rings (SSSR count). The van der Waals surface area contributed by atoms with Gasteiger partial charge in [0.05, 0.1) is 0 Å². The molecule has 0 spiro atoms. The third kappa shape index (κ3) is 5.02. The molecule has 1 aliphatic heterocycles. The molecule has 0 amide bonds. The lowest BCUT2D eigenvalue weighted by atomic mass is 9.99. The van der Waals surface area contributed by atoms with E-state index in [2.05, 4.69) is 4.90 Å². The second-order valence-corrected chi connectivity index (χ2v) is 5.74. The second-order valence-electron chi connectivity index (χ2n) is 5.74. The predicted molar refractivity (Wildman–Crippen MR) is 78.5 cm³/mol. The summed E-state index contributed by atoms with van der Waals surface area (Å²) in [5.41, 5.74) is 1.00. The van der Waals surface area contributed by atoms with Crippen molar-refractivity contribution in [2.45, 2.75) is 51.0 Å². The van der Waals surface area contributed by atoms with E-state index in [0.717, 1.165) is 38.0 Å². The van der Waals surface area contributed by atoms with E-state index in [4.69, 9.17) is 9.47 Å².